The monoisotopic (exact) mass is 418 g/mol. The highest BCUT2D eigenvalue weighted by molar-refractivity contribution is 8.01. The zero-order valence-electron chi connectivity index (χ0n) is 15.5. The Bertz CT molecular complexity index is 664. The molecule has 0 saturated carbocycles. The van der Waals surface area contributed by atoms with Gasteiger partial charge in [0.05, 0.1) is 24.7 Å². The molecule has 1 aliphatic rings. The number of carboxylic acids is 1. The van der Waals surface area contributed by atoms with Gasteiger partial charge in [-0.1, -0.05) is 30.0 Å². The maximum absolute atomic E-state index is 11.9. The first-order valence-corrected chi connectivity index (χ1v) is 9.07. The lowest BCUT2D eigenvalue weighted by molar-refractivity contribution is -0.329. The summed E-state index contributed by atoms with van der Waals surface area (Å²) in [6.45, 7) is 0.353. The molecule has 6 atom stereocenters. The van der Waals surface area contributed by atoms with Crippen molar-refractivity contribution in [1.82, 2.24) is 11.5 Å². The molecule has 2 rings (SSSR count). The predicted molar refractivity (Wildman–Crippen MR) is 98.2 cm³/mol. The first-order valence-electron chi connectivity index (χ1n) is 8.25. The molecule has 0 aromatic heterocycles. The predicted octanol–water partition coefficient (Wildman–Crippen LogP) is -2.03. The first kappa shape index (κ1) is 24.3. The number of carbonyl (C=O) groups excluding carboxylic acids is 2. The SMILES string of the molecule is CC(=O)N[C@H]1[C@H]([C@H](O)[C@H](O)CO)O[C@@](Sc2ccccc2)(C(=O)[O-])C[C@@H]1O.[NH4+]. The smallest absolute Gasteiger partial charge is 0.217 e. The highest BCUT2D eigenvalue weighted by Gasteiger charge is 2.52. The van der Waals surface area contributed by atoms with Crippen LogP contribution in [-0.4, -0.2) is 74.3 Å². The van der Waals surface area contributed by atoms with Gasteiger partial charge >= 0.3 is 0 Å². The number of amides is 1. The number of ether oxygens (including phenoxy) is 1. The topological polar surface area (TPSA) is 196 Å². The van der Waals surface area contributed by atoms with Crippen LogP contribution in [0.5, 0.6) is 0 Å². The quantitative estimate of drug-likeness (QED) is 0.289. The lowest BCUT2D eigenvalue weighted by Gasteiger charge is -2.49. The van der Waals surface area contributed by atoms with E-state index in [2.05, 4.69) is 5.32 Å². The summed E-state index contributed by atoms with van der Waals surface area (Å²) < 4.78 is 5.61. The van der Waals surface area contributed by atoms with Crippen molar-refractivity contribution in [3.63, 3.8) is 0 Å². The van der Waals surface area contributed by atoms with Crippen LogP contribution in [-0.2, 0) is 14.3 Å². The lowest BCUT2D eigenvalue weighted by atomic mass is 9.90. The molecule has 0 bridgehead atoms. The second kappa shape index (κ2) is 10.2. The van der Waals surface area contributed by atoms with Crippen molar-refractivity contribution in [3.8, 4) is 0 Å². The number of nitrogens with one attached hydrogen (secondary N) is 1. The van der Waals surface area contributed by atoms with E-state index in [4.69, 9.17) is 9.84 Å². The molecule has 11 heteroatoms. The summed E-state index contributed by atoms with van der Waals surface area (Å²) >= 11 is 0.773. The molecule has 1 amide bonds. The molecule has 1 heterocycles. The molecule has 9 N–H and O–H groups in total. The largest absolute Gasteiger partial charge is 0.546 e. The minimum absolute atomic E-state index is 0. The van der Waals surface area contributed by atoms with Crippen molar-refractivity contribution in [3.05, 3.63) is 30.3 Å². The number of hydrogen-bond acceptors (Lipinski definition) is 9. The van der Waals surface area contributed by atoms with Crippen LogP contribution in [0.25, 0.3) is 0 Å². The summed E-state index contributed by atoms with van der Waals surface area (Å²) in [5, 5.41) is 54.0. The number of aliphatic hydroxyl groups is 4. The van der Waals surface area contributed by atoms with Gasteiger partial charge in [0.1, 0.15) is 18.3 Å². The number of hydrogen-bond donors (Lipinski definition) is 6. The van der Waals surface area contributed by atoms with E-state index >= 15 is 0 Å². The van der Waals surface area contributed by atoms with Crippen molar-refractivity contribution in [1.29, 1.82) is 0 Å². The van der Waals surface area contributed by atoms with Gasteiger partial charge in [-0.15, -0.1) is 0 Å². The Morgan fingerprint density at radius 1 is 1.36 bits per heavy atom. The highest BCUT2D eigenvalue weighted by Crippen LogP contribution is 2.43. The van der Waals surface area contributed by atoms with Gasteiger partial charge < -0.3 is 46.5 Å². The number of rotatable bonds is 7. The minimum atomic E-state index is -2.07. The third-order valence-corrected chi connectivity index (χ3v) is 5.46. The van der Waals surface area contributed by atoms with Crippen LogP contribution in [0.2, 0.25) is 0 Å². The van der Waals surface area contributed by atoms with Crippen LogP contribution in [0, 0.1) is 0 Å². The summed E-state index contributed by atoms with van der Waals surface area (Å²) in [5.74, 6) is -2.18. The first-order chi connectivity index (χ1) is 12.7. The average molecular weight is 418 g/mol. The lowest BCUT2D eigenvalue weighted by Crippen LogP contribution is -2.67. The van der Waals surface area contributed by atoms with E-state index in [1.54, 1.807) is 30.3 Å². The van der Waals surface area contributed by atoms with Gasteiger partial charge in [0.2, 0.25) is 5.91 Å². The molecular formula is C17H26N2O8S. The Morgan fingerprint density at radius 2 is 1.96 bits per heavy atom. The van der Waals surface area contributed by atoms with Crippen LogP contribution >= 0.6 is 11.8 Å². The van der Waals surface area contributed by atoms with Gasteiger partial charge in [0.15, 0.2) is 4.93 Å². The molecule has 10 nitrogen and oxygen atoms in total. The van der Waals surface area contributed by atoms with Gasteiger partial charge in [0.25, 0.3) is 0 Å². The molecule has 0 spiro atoms. The van der Waals surface area contributed by atoms with Gasteiger partial charge in [-0.05, 0) is 12.1 Å². The van der Waals surface area contributed by atoms with Crippen molar-refractivity contribution >= 4 is 23.6 Å². The van der Waals surface area contributed by atoms with Crippen LogP contribution in [0.4, 0.5) is 0 Å². The molecule has 1 aromatic carbocycles. The fourth-order valence-electron chi connectivity index (χ4n) is 2.90. The maximum Gasteiger partial charge on any atom is 0.217 e. The molecule has 0 unspecified atom stereocenters. The van der Waals surface area contributed by atoms with Crippen molar-refractivity contribution in [2.24, 2.45) is 0 Å². The van der Waals surface area contributed by atoms with E-state index in [0.717, 1.165) is 11.8 Å². The fraction of sp³-hybridized carbons (Fsp3) is 0.529. The fourth-order valence-corrected chi connectivity index (χ4v) is 4.07. The van der Waals surface area contributed by atoms with Gasteiger partial charge in [-0.25, -0.2) is 0 Å². The van der Waals surface area contributed by atoms with Crippen LogP contribution in [0.3, 0.4) is 0 Å². The summed E-state index contributed by atoms with van der Waals surface area (Å²) in [6, 6.07) is 7.20. The van der Waals surface area contributed by atoms with E-state index in [1.807, 2.05) is 0 Å². The highest BCUT2D eigenvalue weighted by atomic mass is 32.2. The molecule has 28 heavy (non-hydrogen) atoms. The summed E-state index contributed by atoms with van der Waals surface area (Å²) in [6.07, 6.45) is -6.79. The zero-order valence-corrected chi connectivity index (χ0v) is 16.3. The van der Waals surface area contributed by atoms with Crippen LogP contribution in [0.1, 0.15) is 13.3 Å². The third-order valence-electron chi connectivity index (χ3n) is 4.20. The average Bonchev–Trinajstić information content (AvgIpc) is 2.62. The van der Waals surface area contributed by atoms with Crippen molar-refractivity contribution in [2.45, 2.75) is 53.6 Å². The molecule has 1 aromatic rings. The third kappa shape index (κ3) is 5.41. The van der Waals surface area contributed by atoms with Crippen molar-refractivity contribution in [2.75, 3.05) is 6.61 Å². The Balaban J connectivity index is 0.00000392. The molecule has 1 aliphatic heterocycles. The summed E-state index contributed by atoms with van der Waals surface area (Å²) in [4.78, 5) is 21.8. The molecule has 1 fully saturated rings. The standard InChI is InChI=1S/C17H23NO8S.H3N/c1-9(20)18-13-11(21)7-17(16(24)25,27-10-5-3-2-4-6-10)26-15(13)14(23)12(22)8-19;/h2-6,11-15,19,21-23H,7-8H2,1H3,(H,18,20)(H,24,25);1H3/t11-,12+,13+,14+,15+,17-;/m0./s1. The van der Waals surface area contributed by atoms with E-state index in [-0.39, 0.29) is 6.15 Å². The Labute approximate surface area is 166 Å². The van der Waals surface area contributed by atoms with Gasteiger partial charge in [-0.2, -0.15) is 0 Å². The van der Waals surface area contributed by atoms with Crippen LogP contribution < -0.4 is 16.6 Å². The second-order valence-electron chi connectivity index (χ2n) is 6.28. The minimum Gasteiger partial charge on any atom is -0.546 e. The number of benzene rings is 1. The number of aliphatic hydroxyl groups excluding tert-OH is 4. The summed E-state index contributed by atoms with van der Waals surface area (Å²) in [5.41, 5.74) is 0. The van der Waals surface area contributed by atoms with E-state index in [0.29, 0.717) is 4.90 Å². The number of thioether (sulfide) groups is 1. The molecule has 0 radical (unpaired) electrons. The second-order valence-corrected chi connectivity index (χ2v) is 7.61. The Morgan fingerprint density at radius 3 is 2.46 bits per heavy atom. The zero-order chi connectivity index (χ0) is 20.2. The van der Waals surface area contributed by atoms with Crippen LogP contribution in [0.15, 0.2) is 35.2 Å². The number of aliphatic carboxylic acids is 1. The van der Waals surface area contributed by atoms with Gasteiger partial charge in [0, 0.05) is 18.2 Å². The molecular weight excluding hydrogens is 392 g/mol. The number of carbonyl (C=O) groups is 2. The normalized spacial score (nSPS) is 29.2. The Hall–Kier alpha value is -1.73. The molecule has 158 valence electrons. The van der Waals surface area contributed by atoms with E-state index in [1.165, 1.54) is 6.92 Å². The molecule has 1 saturated heterocycles. The van der Waals surface area contributed by atoms with Gasteiger partial charge in [-0.3, -0.25) is 4.79 Å². The Kier molecular flexibility index (Phi) is 8.82. The number of quaternary nitrogens is 1. The maximum atomic E-state index is 11.9. The van der Waals surface area contributed by atoms with E-state index in [9.17, 15) is 30.0 Å². The molecule has 0 aliphatic carbocycles. The van der Waals surface area contributed by atoms with E-state index < -0.39 is 60.3 Å². The van der Waals surface area contributed by atoms with Crippen molar-refractivity contribution < 1.29 is 39.9 Å². The summed E-state index contributed by atoms with van der Waals surface area (Å²) in [7, 11) is 0. The number of carboxylic acid groups (broad SMARTS) is 1.